The summed E-state index contributed by atoms with van der Waals surface area (Å²) in [4.78, 5) is 13.4. The number of carbonyl (C=O) groups excluding carboxylic acids is 1. The Kier molecular flexibility index (Phi) is 4.22. The van der Waals surface area contributed by atoms with Crippen molar-refractivity contribution in [3.05, 3.63) is 30.1 Å². The van der Waals surface area contributed by atoms with Gasteiger partial charge in [-0.05, 0) is 32.0 Å². The van der Waals surface area contributed by atoms with Crippen LogP contribution in [0.1, 0.15) is 13.3 Å². The average Bonchev–Trinajstić information content (AvgIpc) is 2.92. The smallest absolute Gasteiger partial charge is 0.315 e. The highest BCUT2D eigenvalue weighted by molar-refractivity contribution is 5.98. The van der Waals surface area contributed by atoms with Gasteiger partial charge in [-0.25, -0.2) is 4.39 Å². The predicted octanol–water partition coefficient (Wildman–Crippen LogP) is 2.72. The van der Waals surface area contributed by atoms with E-state index in [0.717, 1.165) is 11.0 Å². The van der Waals surface area contributed by atoms with Crippen molar-refractivity contribution in [1.29, 1.82) is 0 Å². The highest BCUT2D eigenvalue weighted by Crippen LogP contribution is 2.45. The molecule has 1 atom stereocenters. The molecule has 0 saturated carbocycles. The molecule has 116 valence electrons. The minimum Gasteiger partial charge on any atom is -0.315 e. The first-order valence-corrected chi connectivity index (χ1v) is 6.67. The van der Waals surface area contributed by atoms with Crippen molar-refractivity contribution in [3.63, 3.8) is 0 Å². The summed E-state index contributed by atoms with van der Waals surface area (Å²) in [6.07, 6.45) is -5.01. The Hall–Kier alpha value is -1.63. The monoisotopic (exact) mass is 304 g/mol. The molecule has 1 aliphatic heterocycles. The number of rotatable bonds is 3. The summed E-state index contributed by atoms with van der Waals surface area (Å²) in [6.45, 7) is 1.13. The second-order valence-electron chi connectivity index (χ2n) is 5.01. The summed E-state index contributed by atoms with van der Waals surface area (Å²) < 4.78 is 54.0. The van der Waals surface area contributed by atoms with Crippen LogP contribution in [0.4, 0.5) is 23.2 Å². The molecule has 2 rings (SSSR count). The third-order valence-electron chi connectivity index (χ3n) is 3.81. The van der Waals surface area contributed by atoms with E-state index >= 15 is 0 Å². The van der Waals surface area contributed by atoms with Crippen LogP contribution in [0.25, 0.3) is 0 Å². The molecule has 0 radical (unpaired) electrons. The van der Waals surface area contributed by atoms with Gasteiger partial charge in [-0.2, -0.15) is 13.2 Å². The molecule has 1 aromatic carbocycles. The Bertz CT molecular complexity index is 524. The topological polar surface area (TPSA) is 32.3 Å². The Morgan fingerprint density at radius 3 is 2.52 bits per heavy atom. The van der Waals surface area contributed by atoms with Gasteiger partial charge < -0.3 is 10.2 Å². The lowest BCUT2D eigenvalue weighted by molar-refractivity contribution is -0.214. The van der Waals surface area contributed by atoms with Gasteiger partial charge in [-0.3, -0.25) is 4.79 Å². The zero-order valence-electron chi connectivity index (χ0n) is 11.5. The summed E-state index contributed by atoms with van der Waals surface area (Å²) in [5.41, 5.74) is -2.61. The molecular formula is C14H16F4N2O. The van der Waals surface area contributed by atoms with E-state index in [1.165, 1.54) is 25.1 Å². The minimum absolute atomic E-state index is 0.0302. The van der Waals surface area contributed by atoms with E-state index in [-0.39, 0.29) is 25.2 Å². The molecule has 3 nitrogen and oxygen atoms in total. The first kappa shape index (κ1) is 15.8. The molecule has 1 aliphatic rings. The van der Waals surface area contributed by atoms with E-state index in [1.54, 1.807) is 0 Å². The quantitative estimate of drug-likeness (QED) is 0.871. The molecule has 0 spiro atoms. The Balaban J connectivity index is 2.42. The molecule has 1 N–H and O–H groups in total. The molecule has 1 unspecified atom stereocenters. The molecule has 0 bridgehead atoms. The van der Waals surface area contributed by atoms with Crippen molar-refractivity contribution in [3.8, 4) is 0 Å². The third kappa shape index (κ3) is 2.62. The molecule has 1 heterocycles. The lowest BCUT2D eigenvalue weighted by Crippen LogP contribution is -2.54. The van der Waals surface area contributed by atoms with Crippen LogP contribution in [0.5, 0.6) is 0 Å². The van der Waals surface area contributed by atoms with Crippen LogP contribution >= 0.6 is 0 Å². The number of anilines is 1. The number of amides is 1. The van der Waals surface area contributed by atoms with Crippen molar-refractivity contribution in [2.45, 2.75) is 19.5 Å². The van der Waals surface area contributed by atoms with E-state index in [2.05, 4.69) is 5.32 Å². The number of nitrogens with zero attached hydrogens (tertiary/aromatic N) is 1. The summed E-state index contributed by atoms with van der Waals surface area (Å²) in [5.74, 6) is -1.82. The number of alkyl halides is 3. The number of benzene rings is 1. The van der Waals surface area contributed by atoms with Crippen LogP contribution in [0.3, 0.4) is 0 Å². The molecule has 1 aromatic rings. The van der Waals surface area contributed by atoms with E-state index in [0.29, 0.717) is 0 Å². The van der Waals surface area contributed by atoms with Gasteiger partial charge in [0.05, 0.1) is 5.69 Å². The molecule has 1 amide bonds. The van der Waals surface area contributed by atoms with Gasteiger partial charge in [0.2, 0.25) is 5.91 Å². The zero-order valence-corrected chi connectivity index (χ0v) is 11.5. The second-order valence-corrected chi connectivity index (χ2v) is 5.01. The van der Waals surface area contributed by atoms with Crippen molar-refractivity contribution in [1.82, 2.24) is 5.32 Å². The van der Waals surface area contributed by atoms with Crippen molar-refractivity contribution in [2.24, 2.45) is 5.41 Å². The number of carbonyl (C=O) groups is 1. The first-order valence-electron chi connectivity index (χ1n) is 6.67. The first-order chi connectivity index (χ1) is 9.83. The molecule has 0 aromatic heterocycles. The van der Waals surface area contributed by atoms with Gasteiger partial charge in [0.25, 0.3) is 0 Å². The highest BCUT2D eigenvalue weighted by atomic mass is 19.4. The largest absolute Gasteiger partial charge is 0.404 e. The maximum atomic E-state index is 13.8. The summed E-state index contributed by atoms with van der Waals surface area (Å²) in [6, 6.07) is 5.34. The van der Waals surface area contributed by atoms with Gasteiger partial charge in [0, 0.05) is 13.1 Å². The fraction of sp³-hybridized carbons (Fsp3) is 0.500. The lowest BCUT2D eigenvalue weighted by Gasteiger charge is -2.34. The van der Waals surface area contributed by atoms with Gasteiger partial charge in [0.15, 0.2) is 5.41 Å². The molecule has 21 heavy (non-hydrogen) atoms. The third-order valence-corrected chi connectivity index (χ3v) is 3.81. The molecular weight excluding hydrogens is 288 g/mol. The molecule has 0 aliphatic carbocycles. The standard InChI is InChI=1S/C14H16F4N2O/c1-2-20(11-6-4-3-5-10(11)15)12(21)13(14(16,17)18)7-8-19-9-13/h3-6,19H,2,7-9H2,1H3. The maximum absolute atomic E-state index is 13.8. The molecule has 1 fully saturated rings. The van der Waals surface area contributed by atoms with Gasteiger partial charge in [-0.1, -0.05) is 12.1 Å². The maximum Gasteiger partial charge on any atom is 0.404 e. The minimum atomic E-state index is -4.67. The lowest BCUT2D eigenvalue weighted by atomic mass is 9.84. The Morgan fingerprint density at radius 2 is 2.05 bits per heavy atom. The van der Waals surface area contributed by atoms with Gasteiger partial charge >= 0.3 is 6.18 Å². The van der Waals surface area contributed by atoms with Crippen LogP contribution in [-0.2, 0) is 4.79 Å². The number of halogens is 4. The number of nitrogens with one attached hydrogen (secondary N) is 1. The Morgan fingerprint density at radius 1 is 1.38 bits per heavy atom. The number of para-hydroxylation sites is 1. The van der Waals surface area contributed by atoms with Gasteiger partial charge in [0.1, 0.15) is 5.82 Å². The van der Waals surface area contributed by atoms with Crippen LogP contribution < -0.4 is 10.2 Å². The fourth-order valence-electron chi connectivity index (χ4n) is 2.59. The average molecular weight is 304 g/mol. The van der Waals surface area contributed by atoms with Crippen molar-refractivity contribution < 1.29 is 22.4 Å². The normalized spacial score (nSPS) is 22.3. The van der Waals surface area contributed by atoms with Crippen LogP contribution in [0.2, 0.25) is 0 Å². The second kappa shape index (κ2) is 5.63. The molecule has 1 saturated heterocycles. The van der Waals surface area contributed by atoms with E-state index in [4.69, 9.17) is 0 Å². The number of hydrogen-bond donors (Lipinski definition) is 1. The predicted molar refractivity (Wildman–Crippen MR) is 70.4 cm³/mol. The number of hydrogen-bond acceptors (Lipinski definition) is 2. The van der Waals surface area contributed by atoms with Crippen LogP contribution in [0, 0.1) is 11.2 Å². The van der Waals surface area contributed by atoms with Crippen molar-refractivity contribution >= 4 is 11.6 Å². The zero-order chi connectivity index (χ0) is 15.7. The summed E-state index contributed by atoms with van der Waals surface area (Å²) in [5, 5.41) is 2.58. The van der Waals surface area contributed by atoms with E-state index in [1.807, 2.05) is 0 Å². The SMILES string of the molecule is CCN(C(=O)C1(C(F)(F)F)CCNC1)c1ccccc1F. The fourth-order valence-corrected chi connectivity index (χ4v) is 2.59. The van der Waals surface area contributed by atoms with Crippen molar-refractivity contribution in [2.75, 3.05) is 24.5 Å². The molecule has 7 heteroatoms. The summed E-state index contributed by atoms with van der Waals surface area (Å²) in [7, 11) is 0. The van der Waals surface area contributed by atoms with Crippen LogP contribution in [0.15, 0.2) is 24.3 Å². The highest BCUT2D eigenvalue weighted by Gasteiger charge is 2.62. The van der Waals surface area contributed by atoms with E-state index < -0.39 is 29.9 Å². The summed E-state index contributed by atoms with van der Waals surface area (Å²) >= 11 is 0. The van der Waals surface area contributed by atoms with E-state index in [9.17, 15) is 22.4 Å². The van der Waals surface area contributed by atoms with Gasteiger partial charge in [-0.15, -0.1) is 0 Å². The Labute approximate surface area is 119 Å². The van der Waals surface area contributed by atoms with Crippen LogP contribution in [-0.4, -0.2) is 31.7 Å².